The molecule has 0 spiro atoms. The standard InChI is InChI=1S/C30H23N3O5/c1-37-19-12-10-18(11-13-19)26-25(27(34)22-9-5-7-17-6-3-4-8-21(17)22)28(35)29(36)33(26)30-31-23-15-14-20(38-2)16-24(23)32-30/h3-16,26,34H,1-2H3,(H,31,32)/b27-25+. The molecule has 4 aromatic carbocycles. The molecule has 1 aliphatic rings. The second-order valence-electron chi connectivity index (χ2n) is 8.91. The van der Waals surface area contributed by atoms with Crippen LogP contribution in [0.3, 0.4) is 0 Å². The number of anilines is 1. The van der Waals surface area contributed by atoms with Gasteiger partial charge in [0.2, 0.25) is 5.95 Å². The largest absolute Gasteiger partial charge is 0.507 e. The first-order valence-electron chi connectivity index (χ1n) is 12.0. The van der Waals surface area contributed by atoms with E-state index in [-0.39, 0.29) is 17.3 Å². The second kappa shape index (κ2) is 9.08. The molecular formula is C30H23N3O5. The fraction of sp³-hybridized carbons (Fsp3) is 0.100. The Hall–Kier alpha value is -5.11. The first-order chi connectivity index (χ1) is 18.5. The molecule has 2 N–H and O–H groups in total. The molecule has 8 nitrogen and oxygen atoms in total. The first kappa shape index (κ1) is 23.3. The van der Waals surface area contributed by atoms with Gasteiger partial charge in [0.25, 0.3) is 5.78 Å². The van der Waals surface area contributed by atoms with Crippen LogP contribution in [0.2, 0.25) is 0 Å². The number of ketones is 1. The number of H-pyrrole nitrogens is 1. The van der Waals surface area contributed by atoms with Crippen LogP contribution in [0.4, 0.5) is 5.95 Å². The van der Waals surface area contributed by atoms with Crippen molar-refractivity contribution < 1.29 is 24.2 Å². The molecule has 1 saturated heterocycles. The van der Waals surface area contributed by atoms with E-state index in [0.29, 0.717) is 33.7 Å². The number of nitrogens with zero attached hydrogens (tertiary/aromatic N) is 2. The van der Waals surface area contributed by atoms with Crippen LogP contribution in [0, 0.1) is 0 Å². The highest BCUT2D eigenvalue weighted by Gasteiger charge is 2.48. The summed E-state index contributed by atoms with van der Waals surface area (Å²) in [4.78, 5) is 36.2. The van der Waals surface area contributed by atoms with E-state index in [1.165, 1.54) is 4.90 Å². The number of aromatic amines is 1. The molecule has 0 bridgehead atoms. The summed E-state index contributed by atoms with van der Waals surface area (Å²) in [5.74, 6) is -0.407. The van der Waals surface area contributed by atoms with E-state index < -0.39 is 17.7 Å². The van der Waals surface area contributed by atoms with Crippen LogP contribution < -0.4 is 14.4 Å². The van der Waals surface area contributed by atoms with Gasteiger partial charge < -0.3 is 19.6 Å². The third-order valence-corrected chi connectivity index (χ3v) is 6.83. The molecule has 8 heteroatoms. The molecule has 1 aliphatic heterocycles. The predicted octanol–water partition coefficient (Wildman–Crippen LogP) is 5.36. The molecular weight excluding hydrogens is 482 g/mol. The minimum absolute atomic E-state index is 0.0189. The highest BCUT2D eigenvalue weighted by Crippen LogP contribution is 2.43. The maximum absolute atomic E-state index is 13.6. The van der Waals surface area contributed by atoms with Crippen molar-refractivity contribution in [2.45, 2.75) is 6.04 Å². The van der Waals surface area contributed by atoms with Crippen LogP contribution in [0.15, 0.2) is 90.5 Å². The van der Waals surface area contributed by atoms with E-state index in [0.717, 1.165) is 10.8 Å². The van der Waals surface area contributed by atoms with Crippen LogP contribution >= 0.6 is 0 Å². The maximum atomic E-state index is 13.6. The zero-order valence-electron chi connectivity index (χ0n) is 20.6. The van der Waals surface area contributed by atoms with Gasteiger partial charge in [-0.2, -0.15) is 0 Å². The van der Waals surface area contributed by atoms with Gasteiger partial charge >= 0.3 is 5.91 Å². The third kappa shape index (κ3) is 3.66. The lowest BCUT2D eigenvalue weighted by atomic mass is 9.93. The lowest BCUT2D eigenvalue weighted by molar-refractivity contribution is -0.132. The van der Waals surface area contributed by atoms with Crippen LogP contribution in [-0.4, -0.2) is 41.0 Å². The highest BCUT2D eigenvalue weighted by atomic mass is 16.5. The normalized spacial score (nSPS) is 16.9. The number of fused-ring (bicyclic) bond motifs is 2. The number of benzene rings is 4. The zero-order valence-corrected chi connectivity index (χ0v) is 20.6. The number of hydrogen-bond donors (Lipinski definition) is 2. The number of Topliss-reactive ketones (excluding diaryl/α,β-unsaturated/α-hetero) is 1. The molecule has 1 fully saturated rings. The number of amides is 1. The second-order valence-corrected chi connectivity index (χ2v) is 8.91. The molecule has 188 valence electrons. The van der Waals surface area contributed by atoms with Crippen LogP contribution in [0.1, 0.15) is 17.2 Å². The van der Waals surface area contributed by atoms with E-state index in [2.05, 4.69) is 9.97 Å². The van der Waals surface area contributed by atoms with Crippen LogP contribution in [0.25, 0.3) is 27.6 Å². The van der Waals surface area contributed by atoms with Gasteiger partial charge in [0, 0.05) is 11.6 Å². The number of hydrogen-bond acceptors (Lipinski definition) is 6. The fourth-order valence-corrected chi connectivity index (χ4v) is 4.95. The van der Waals surface area contributed by atoms with Gasteiger partial charge in [-0.1, -0.05) is 54.6 Å². The Morgan fingerprint density at radius 3 is 2.37 bits per heavy atom. The number of carbonyl (C=O) groups is 2. The molecule has 1 atom stereocenters. The quantitative estimate of drug-likeness (QED) is 0.189. The summed E-state index contributed by atoms with van der Waals surface area (Å²) in [6.07, 6.45) is 0. The summed E-state index contributed by atoms with van der Waals surface area (Å²) < 4.78 is 10.6. The van der Waals surface area contributed by atoms with E-state index >= 15 is 0 Å². The van der Waals surface area contributed by atoms with E-state index in [1.54, 1.807) is 62.8 Å². The van der Waals surface area contributed by atoms with Crippen molar-refractivity contribution in [3.8, 4) is 11.5 Å². The first-order valence-corrected chi connectivity index (χ1v) is 12.0. The van der Waals surface area contributed by atoms with Gasteiger partial charge in [0.1, 0.15) is 17.3 Å². The molecule has 0 radical (unpaired) electrons. The monoisotopic (exact) mass is 505 g/mol. The number of rotatable bonds is 5. The average molecular weight is 506 g/mol. The smallest absolute Gasteiger partial charge is 0.302 e. The Kier molecular flexibility index (Phi) is 5.57. The highest BCUT2D eigenvalue weighted by molar-refractivity contribution is 6.51. The Morgan fingerprint density at radius 1 is 0.895 bits per heavy atom. The molecule has 0 aliphatic carbocycles. The van der Waals surface area contributed by atoms with Crippen molar-refractivity contribution in [3.05, 3.63) is 102 Å². The summed E-state index contributed by atoms with van der Waals surface area (Å²) in [6.45, 7) is 0. The number of carbonyl (C=O) groups excluding carboxylic acids is 2. The molecule has 6 rings (SSSR count). The Balaban J connectivity index is 1.58. The number of ether oxygens (including phenoxy) is 2. The summed E-state index contributed by atoms with van der Waals surface area (Å²) in [7, 11) is 3.12. The maximum Gasteiger partial charge on any atom is 0.302 e. The minimum Gasteiger partial charge on any atom is -0.507 e. The van der Waals surface area contributed by atoms with Gasteiger partial charge in [-0.05, 0) is 40.6 Å². The van der Waals surface area contributed by atoms with Crippen molar-refractivity contribution >= 4 is 45.2 Å². The van der Waals surface area contributed by atoms with Crippen LogP contribution in [0.5, 0.6) is 11.5 Å². The van der Waals surface area contributed by atoms with E-state index in [4.69, 9.17) is 9.47 Å². The molecule has 0 saturated carbocycles. The fourth-order valence-electron chi connectivity index (χ4n) is 4.95. The lowest BCUT2D eigenvalue weighted by Crippen LogP contribution is -2.30. The van der Waals surface area contributed by atoms with Crippen molar-refractivity contribution in [3.63, 3.8) is 0 Å². The Bertz CT molecular complexity index is 1750. The van der Waals surface area contributed by atoms with Crippen molar-refractivity contribution in [1.29, 1.82) is 0 Å². The number of aliphatic hydroxyl groups is 1. The molecule has 1 aromatic heterocycles. The Labute approximate surface area is 217 Å². The number of nitrogens with one attached hydrogen (secondary N) is 1. The number of aliphatic hydroxyl groups excluding tert-OH is 1. The molecule has 38 heavy (non-hydrogen) atoms. The summed E-state index contributed by atoms with van der Waals surface area (Å²) >= 11 is 0. The average Bonchev–Trinajstić information content (AvgIpc) is 3.49. The third-order valence-electron chi connectivity index (χ3n) is 6.83. The molecule has 1 amide bonds. The molecule has 1 unspecified atom stereocenters. The van der Waals surface area contributed by atoms with Gasteiger partial charge in [-0.3, -0.25) is 14.5 Å². The molecule has 5 aromatic rings. The van der Waals surface area contributed by atoms with E-state index in [9.17, 15) is 14.7 Å². The summed E-state index contributed by atoms with van der Waals surface area (Å²) in [5, 5.41) is 13.3. The number of aromatic nitrogens is 2. The number of methoxy groups -OCH3 is 2. The molecule has 2 heterocycles. The van der Waals surface area contributed by atoms with Gasteiger partial charge in [0.05, 0.1) is 36.9 Å². The van der Waals surface area contributed by atoms with Crippen molar-refractivity contribution in [1.82, 2.24) is 9.97 Å². The van der Waals surface area contributed by atoms with Crippen molar-refractivity contribution in [2.24, 2.45) is 0 Å². The zero-order chi connectivity index (χ0) is 26.4. The topological polar surface area (TPSA) is 105 Å². The van der Waals surface area contributed by atoms with Gasteiger partial charge in [0.15, 0.2) is 0 Å². The number of imidazole rings is 1. The predicted molar refractivity (Wildman–Crippen MR) is 144 cm³/mol. The van der Waals surface area contributed by atoms with Crippen molar-refractivity contribution in [2.75, 3.05) is 19.1 Å². The van der Waals surface area contributed by atoms with Crippen LogP contribution in [-0.2, 0) is 9.59 Å². The SMILES string of the molecule is COc1ccc(C2/C(=C(\O)c3cccc4ccccc34)C(=O)C(=O)N2c2nc3ccc(OC)cc3[nH]2)cc1. The minimum atomic E-state index is -0.928. The lowest BCUT2D eigenvalue weighted by Gasteiger charge is -2.23. The van der Waals surface area contributed by atoms with Gasteiger partial charge in [-0.15, -0.1) is 0 Å². The Morgan fingerprint density at radius 2 is 1.61 bits per heavy atom. The van der Waals surface area contributed by atoms with E-state index in [1.807, 2.05) is 36.4 Å². The summed E-state index contributed by atoms with van der Waals surface area (Å²) in [5.41, 5.74) is 2.31. The summed E-state index contributed by atoms with van der Waals surface area (Å²) in [6, 6.07) is 24.4. The van der Waals surface area contributed by atoms with Gasteiger partial charge in [-0.25, -0.2) is 4.98 Å².